The van der Waals surface area contributed by atoms with E-state index in [0.29, 0.717) is 11.8 Å². The minimum atomic E-state index is -3.52. The van der Waals surface area contributed by atoms with Crippen molar-refractivity contribution in [2.75, 3.05) is 13.1 Å². The van der Waals surface area contributed by atoms with Crippen molar-refractivity contribution in [3.05, 3.63) is 35.9 Å². The third-order valence-corrected chi connectivity index (χ3v) is 5.28. The second kappa shape index (κ2) is 3.80. The van der Waals surface area contributed by atoms with Gasteiger partial charge < -0.3 is 5.32 Å². The zero-order valence-electron chi connectivity index (χ0n) is 9.41. The van der Waals surface area contributed by atoms with Gasteiger partial charge in [-0.15, -0.1) is 0 Å². The number of nitrogens with two attached hydrogens (primary N) is 1. The van der Waals surface area contributed by atoms with Gasteiger partial charge in [-0.2, -0.15) is 0 Å². The van der Waals surface area contributed by atoms with Gasteiger partial charge in [0.1, 0.15) is 5.25 Å². The fraction of sp³-hybridized carbons (Fsp3) is 0.500. The molecule has 3 atom stereocenters. The van der Waals surface area contributed by atoms with Crippen molar-refractivity contribution in [1.82, 2.24) is 5.32 Å². The summed E-state index contributed by atoms with van der Waals surface area (Å²) < 4.78 is 23.6. The third kappa shape index (κ3) is 1.88. The summed E-state index contributed by atoms with van der Waals surface area (Å²) in [7, 11) is -3.52. The Balaban J connectivity index is 1.95. The van der Waals surface area contributed by atoms with Gasteiger partial charge in [-0.3, -0.25) is 0 Å². The van der Waals surface area contributed by atoms with Gasteiger partial charge in [-0.1, -0.05) is 30.3 Å². The van der Waals surface area contributed by atoms with Crippen molar-refractivity contribution in [1.29, 1.82) is 0 Å². The van der Waals surface area contributed by atoms with Crippen LogP contribution in [-0.2, 0) is 10.0 Å². The van der Waals surface area contributed by atoms with Crippen molar-refractivity contribution in [3.8, 4) is 0 Å². The largest absolute Gasteiger partial charge is 0.316 e. The molecular weight excluding hydrogens is 236 g/mol. The SMILES string of the molecule is NS(=O)(=O)C(c1ccccc1)C1C2CNCC21. The van der Waals surface area contributed by atoms with Crippen LogP contribution in [0.2, 0.25) is 0 Å². The smallest absolute Gasteiger partial charge is 0.216 e. The molecule has 3 unspecified atom stereocenters. The Labute approximate surface area is 101 Å². The third-order valence-electron chi connectivity index (χ3n) is 3.99. The molecule has 0 spiro atoms. The van der Waals surface area contributed by atoms with E-state index in [1.165, 1.54) is 0 Å². The number of hydrogen-bond donors (Lipinski definition) is 2. The van der Waals surface area contributed by atoms with Gasteiger partial charge in [-0.05, 0) is 36.4 Å². The quantitative estimate of drug-likeness (QED) is 0.822. The van der Waals surface area contributed by atoms with E-state index >= 15 is 0 Å². The fourth-order valence-electron chi connectivity index (χ4n) is 3.19. The van der Waals surface area contributed by atoms with Crippen LogP contribution in [0.25, 0.3) is 0 Å². The first kappa shape index (κ1) is 11.2. The van der Waals surface area contributed by atoms with Crippen LogP contribution in [0.4, 0.5) is 0 Å². The Morgan fingerprint density at radius 1 is 1.18 bits per heavy atom. The molecule has 3 rings (SSSR count). The van der Waals surface area contributed by atoms with Gasteiger partial charge in [0, 0.05) is 0 Å². The molecule has 92 valence electrons. The van der Waals surface area contributed by atoms with Crippen LogP contribution in [0.3, 0.4) is 0 Å². The number of benzene rings is 1. The minimum absolute atomic E-state index is 0.202. The maximum atomic E-state index is 11.8. The van der Waals surface area contributed by atoms with Gasteiger partial charge in [0.2, 0.25) is 10.0 Å². The Hall–Kier alpha value is -0.910. The highest BCUT2D eigenvalue weighted by atomic mass is 32.2. The summed E-state index contributed by atoms with van der Waals surface area (Å²) in [4.78, 5) is 0. The van der Waals surface area contributed by atoms with Crippen LogP contribution in [0.5, 0.6) is 0 Å². The molecule has 4 nitrogen and oxygen atoms in total. The summed E-state index contributed by atoms with van der Waals surface area (Å²) in [6, 6.07) is 9.33. The lowest BCUT2D eigenvalue weighted by Gasteiger charge is -2.17. The number of piperidine rings is 1. The van der Waals surface area contributed by atoms with Crippen LogP contribution in [0.15, 0.2) is 30.3 Å². The topological polar surface area (TPSA) is 72.2 Å². The molecule has 2 aliphatic rings. The lowest BCUT2D eigenvalue weighted by atomic mass is 10.1. The maximum Gasteiger partial charge on any atom is 0.216 e. The molecule has 1 saturated heterocycles. The van der Waals surface area contributed by atoms with Crippen molar-refractivity contribution in [2.24, 2.45) is 22.9 Å². The van der Waals surface area contributed by atoms with E-state index in [1.807, 2.05) is 30.3 Å². The summed E-state index contributed by atoms with van der Waals surface area (Å²) in [5, 5.41) is 8.15. The highest BCUT2D eigenvalue weighted by Crippen LogP contribution is 2.57. The first-order valence-corrected chi connectivity index (χ1v) is 7.47. The number of hydrogen-bond acceptors (Lipinski definition) is 3. The average Bonchev–Trinajstić information content (AvgIpc) is 2.74. The maximum absolute atomic E-state index is 11.8. The molecule has 3 N–H and O–H groups in total. The summed E-state index contributed by atoms with van der Waals surface area (Å²) in [6.07, 6.45) is 0. The zero-order chi connectivity index (χ0) is 12.0. The fourth-order valence-corrected chi connectivity index (χ4v) is 4.57. The van der Waals surface area contributed by atoms with Crippen molar-refractivity contribution in [3.63, 3.8) is 0 Å². The summed E-state index contributed by atoms with van der Waals surface area (Å²) >= 11 is 0. The molecule has 17 heavy (non-hydrogen) atoms. The van der Waals surface area contributed by atoms with Gasteiger partial charge in [0.15, 0.2) is 0 Å². The van der Waals surface area contributed by atoms with Crippen molar-refractivity contribution >= 4 is 10.0 Å². The molecule has 0 aromatic heterocycles. The molecule has 0 radical (unpaired) electrons. The van der Waals surface area contributed by atoms with Gasteiger partial charge in [0.05, 0.1) is 0 Å². The second-order valence-electron chi connectivity index (χ2n) is 4.98. The normalized spacial score (nSPS) is 33.1. The summed E-state index contributed by atoms with van der Waals surface area (Å²) in [5.74, 6) is 1.17. The molecule has 0 bridgehead atoms. The molecule has 1 aromatic carbocycles. The Kier molecular flexibility index (Phi) is 2.50. The van der Waals surface area contributed by atoms with E-state index in [-0.39, 0.29) is 5.92 Å². The van der Waals surface area contributed by atoms with E-state index in [0.717, 1.165) is 18.7 Å². The Morgan fingerprint density at radius 3 is 2.29 bits per heavy atom. The highest BCUT2D eigenvalue weighted by Gasteiger charge is 2.59. The Morgan fingerprint density at radius 2 is 1.76 bits per heavy atom. The van der Waals surface area contributed by atoms with E-state index in [2.05, 4.69) is 5.32 Å². The van der Waals surface area contributed by atoms with Crippen LogP contribution in [0.1, 0.15) is 10.8 Å². The summed E-state index contributed by atoms with van der Waals surface area (Å²) in [5.41, 5.74) is 0.828. The number of nitrogens with one attached hydrogen (secondary N) is 1. The highest BCUT2D eigenvalue weighted by molar-refractivity contribution is 7.89. The number of primary sulfonamides is 1. The van der Waals surface area contributed by atoms with Crippen LogP contribution >= 0.6 is 0 Å². The number of fused-ring (bicyclic) bond motifs is 1. The molecule has 1 aliphatic carbocycles. The molecule has 0 amide bonds. The van der Waals surface area contributed by atoms with Crippen LogP contribution < -0.4 is 10.5 Å². The standard InChI is InChI=1S/C12H16N2O2S/c13-17(15,16)12(8-4-2-1-3-5-8)11-9-6-14-7-10(9)11/h1-5,9-12,14H,6-7H2,(H2,13,15,16). The number of rotatable bonds is 3. The Bertz CT molecular complexity index is 505. The summed E-state index contributed by atoms with van der Waals surface area (Å²) in [6.45, 7) is 1.85. The predicted octanol–water partition coefficient (Wildman–Crippen LogP) is 0.482. The molecule has 1 saturated carbocycles. The van der Waals surface area contributed by atoms with Crippen molar-refractivity contribution < 1.29 is 8.42 Å². The lowest BCUT2D eigenvalue weighted by molar-refractivity contribution is 0.534. The molecule has 1 aromatic rings. The minimum Gasteiger partial charge on any atom is -0.316 e. The van der Waals surface area contributed by atoms with Crippen LogP contribution in [-0.4, -0.2) is 21.5 Å². The molecule has 1 heterocycles. The van der Waals surface area contributed by atoms with E-state index in [9.17, 15) is 8.42 Å². The predicted molar refractivity (Wildman–Crippen MR) is 65.6 cm³/mol. The zero-order valence-corrected chi connectivity index (χ0v) is 10.2. The molecule has 1 aliphatic heterocycles. The first-order chi connectivity index (χ1) is 8.09. The van der Waals surface area contributed by atoms with Gasteiger partial charge >= 0.3 is 0 Å². The second-order valence-corrected chi connectivity index (χ2v) is 6.67. The molecule has 5 heteroatoms. The first-order valence-electron chi connectivity index (χ1n) is 5.86. The van der Waals surface area contributed by atoms with Gasteiger partial charge in [-0.25, -0.2) is 13.6 Å². The molecule has 2 fully saturated rings. The van der Waals surface area contributed by atoms with E-state index in [1.54, 1.807) is 0 Å². The van der Waals surface area contributed by atoms with Gasteiger partial charge in [0.25, 0.3) is 0 Å². The number of sulfonamides is 1. The molecular formula is C12H16N2O2S. The lowest BCUT2D eigenvalue weighted by Crippen LogP contribution is -2.27. The average molecular weight is 252 g/mol. The monoisotopic (exact) mass is 252 g/mol. The van der Waals surface area contributed by atoms with E-state index in [4.69, 9.17) is 5.14 Å². The van der Waals surface area contributed by atoms with E-state index < -0.39 is 15.3 Å². The van der Waals surface area contributed by atoms with Crippen molar-refractivity contribution in [2.45, 2.75) is 5.25 Å². The van der Waals surface area contributed by atoms with Crippen LogP contribution in [0, 0.1) is 17.8 Å².